The first-order valence-corrected chi connectivity index (χ1v) is 8.35. The van der Waals surface area contributed by atoms with Crippen LogP contribution in [0.5, 0.6) is 0 Å². The van der Waals surface area contributed by atoms with E-state index in [-0.39, 0.29) is 6.10 Å². The van der Waals surface area contributed by atoms with Gasteiger partial charge in [0.15, 0.2) is 0 Å². The molecule has 1 fully saturated rings. The van der Waals surface area contributed by atoms with E-state index < -0.39 is 0 Å². The summed E-state index contributed by atoms with van der Waals surface area (Å²) in [7, 11) is 0. The van der Waals surface area contributed by atoms with Crippen molar-refractivity contribution in [2.75, 3.05) is 6.54 Å². The molecule has 4 rings (SSSR count). The van der Waals surface area contributed by atoms with Crippen molar-refractivity contribution >= 4 is 0 Å². The van der Waals surface area contributed by atoms with Crippen LogP contribution in [0.15, 0.2) is 36.5 Å². The second-order valence-electron chi connectivity index (χ2n) is 6.38. The molecule has 1 atom stereocenters. The van der Waals surface area contributed by atoms with Crippen LogP contribution >= 0.6 is 0 Å². The van der Waals surface area contributed by atoms with Gasteiger partial charge < -0.3 is 14.6 Å². The third-order valence-corrected chi connectivity index (χ3v) is 4.77. The number of hydrogen-bond acceptors (Lipinski definition) is 3. The van der Waals surface area contributed by atoms with Crippen molar-refractivity contribution in [3.8, 4) is 11.3 Å². The highest BCUT2D eigenvalue weighted by Gasteiger charge is 2.23. The Morgan fingerprint density at radius 3 is 2.82 bits per heavy atom. The smallest absolute Gasteiger partial charge is 0.135 e. The predicted octanol–water partition coefficient (Wildman–Crippen LogP) is 2.98. The summed E-state index contributed by atoms with van der Waals surface area (Å²) in [4.78, 5) is 4.71. The number of nitrogens with one attached hydrogen (secondary N) is 1. The topological polar surface area (TPSA) is 39.1 Å². The van der Waals surface area contributed by atoms with Crippen LogP contribution in [-0.2, 0) is 17.9 Å². The quantitative estimate of drug-likeness (QED) is 0.943. The maximum atomic E-state index is 5.97. The molecule has 1 N–H and O–H groups in total. The summed E-state index contributed by atoms with van der Waals surface area (Å²) in [6, 6.07) is 11.1. The molecule has 2 aromatic rings. The summed E-state index contributed by atoms with van der Waals surface area (Å²) >= 11 is 0. The fraction of sp³-hybridized carbons (Fsp3) is 0.500. The summed E-state index contributed by atoms with van der Waals surface area (Å²) in [5, 5.41) is 3.66. The summed E-state index contributed by atoms with van der Waals surface area (Å²) < 4.78 is 8.22. The van der Waals surface area contributed by atoms with E-state index in [9.17, 15) is 0 Å². The maximum absolute atomic E-state index is 5.97. The zero-order valence-corrected chi connectivity index (χ0v) is 12.9. The molecule has 0 bridgehead atoms. The second-order valence-corrected chi connectivity index (χ2v) is 6.38. The van der Waals surface area contributed by atoms with Gasteiger partial charge in [-0.2, -0.15) is 0 Å². The van der Waals surface area contributed by atoms with Gasteiger partial charge in [0.2, 0.25) is 0 Å². The largest absolute Gasteiger partial charge is 0.367 e. The van der Waals surface area contributed by atoms with Crippen LogP contribution < -0.4 is 5.32 Å². The first-order chi connectivity index (χ1) is 10.9. The molecule has 0 unspecified atom stereocenters. The highest BCUT2D eigenvalue weighted by Crippen LogP contribution is 2.22. The van der Waals surface area contributed by atoms with Crippen LogP contribution in [0.4, 0.5) is 0 Å². The Morgan fingerprint density at radius 1 is 1.18 bits per heavy atom. The van der Waals surface area contributed by atoms with E-state index in [1.165, 1.54) is 31.2 Å². The number of rotatable bonds is 4. The Labute approximate surface area is 131 Å². The molecule has 1 aliphatic carbocycles. The zero-order chi connectivity index (χ0) is 14.8. The van der Waals surface area contributed by atoms with Crippen LogP contribution in [-0.4, -0.2) is 28.2 Å². The lowest BCUT2D eigenvalue weighted by Gasteiger charge is -2.26. The molecule has 116 valence electrons. The average Bonchev–Trinajstić information content (AvgIpc) is 3.22. The lowest BCUT2D eigenvalue weighted by Crippen LogP contribution is -2.39. The molecule has 2 aliphatic rings. The molecule has 1 saturated carbocycles. The van der Waals surface area contributed by atoms with Crippen LogP contribution in [0.1, 0.15) is 31.5 Å². The Hall–Kier alpha value is -1.65. The Bertz CT molecular complexity index is 617. The Morgan fingerprint density at radius 2 is 2.00 bits per heavy atom. The number of aromatic nitrogens is 2. The minimum absolute atomic E-state index is 0.255. The van der Waals surface area contributed by atoms with Gasteiger partial charge >= 0.3 is 0 Å². The molecule has 1 aromatic heterocycles. The molecule has 0 radical (unpaired) electrons. The standard InChI is InChI=1S/C18H23N3O/c1-2-6-14(7-3-1)17-12-21-11-16(22-13-18(21)20-17)10-19-15-8-4-5-9-15/h1-3,6-7,12,15-16,19H,4-5,8-11,13H2/t16-/m0/s1. The van der Waals surface area contributed by atoms with E-state index in [1.54, 1.807) is 0 Å². The molecule has 0 spiro atoms. The van der Waals surface area contributed by atoms with Crippen molar-refractivity contribution in [2.45, 2.75) is 51.0 Å². The van der Waals surface area contributed by atoms with Gasteiger partial charge in [0.1, 0.15) is 12.4 Å². The summed E-state index contributed by atoms with van der Waals surface area (Å²) in [6.07, 6.45) is 7.80. The normalized spacial score (nSPS) is 21.9. The van der Waals surface area contributed by atoms with Crippen molar-refractivity contribution in [2.24, 2.45) is 0 Å². The molecule has 22 heavy (non-hydrogen) atoms. The van der Waals surface area contributed by atoms with Gasteiger partial charge in [-0.15, -0.1) is 0 Å². The fourth-order valence-electron chi connectivity index (χ4n) is 3.49. The van der Waals surface area contributed by atoms with Crippen LogP contribution in [0, 0.1) is 0 Å². The monoisotopic (exact) mass is 297 g/mol. The number of imidazole rings is 1. The lowest BCUT2D eigenvalue weighted by molar-refractivity contribution is 0.00158. The summed E-state index contributed by atoms with van der Waals surface area (Å²) in [6.45, 7) is 2.46. The van der Waals surface area contributed by atoms with Gasteiger partial charge in [-0.05, 0) is 12.8 Å². The number of benzene rings is 1. The molecule has 2 heterocycles. The fourth-order valence-corrected chi connectivity index (χ4v) is 3.49. The predicted molar refractivity (Wildman–Crippen MR) is 86.5 cm³/mol. The molecule has 1 aliphatic heterocycles. The van der Waals surface area contributed by atoms with Crippen LogP contribution in [0.2, 0.25) is 0 Å². The maximum Gasteiger partial charge on any atom is 0.135 e. The summed E-state index contributed by atoms with van der Waals surface area (Å²) in [5.41, 5.74) is 2.22. The van der Waals surface area contributed by atoms with E-state index >= 15 is 0 Å². The van der Waals surface area contributed by atoms with Gasteiger partial charge in [-0.25, -0.2) is 4.98 Å². The van der Waals surface area contributed by atoms with Gasteiger partial charge in [-0.3, -0.25) is 0 Å². The minimum atomic E-state index is 0.255. The van der Waals surface area contributed by atoms with Gasteiger partial charge in [0, 0.05) is 24.3 Å². The lowest BCUT2D eigenvalue weighted by atomic mass is 10.2. The number of ether oxygens (including phenoxy) is 1. The second kappa shape index (κ2) is 6.23. The third kappa shape index (κ3) is 2.94. The van der Waals surface area contributed by atoms with E-state index in [0.717, 1.165) is 24.6 Å². The molecule has 0 amide bonds. The number of nitrogens with zero attached hydrogens (tertiary/aromatic N) is 2. The van der Waals surface area contributed by atoms with Crippen LogP contribution in [0.25, 0.3) is 11.3 Å². The van der Waals surface area contributed by atoms with Crippen LogP contribution in [0.3, 0.4) is 0 Å². The van der Waals surface area contributed by atoms with Gasteiger partial charge in [-0.1, -0.05) is 43.2 Å². The zero-order valence-electron chi connectivity index (χ0n) is 12.9. The van der Waals surface area contributed by atoms with E-state index in [1.807, 2.05) is 6.07 Å². The minimum Gasteiger partial charge on any atom is -0.367 e. The Balaban J connectivity index is 1.41. The average molecular weight is 297 g/mol. The van der Waals surface area contributed by atoms with Gasteiger partial charge in [0.05, 0.1) is 18.3 Å². The van der Waals surface area contributed by atoms with Crippen molar-refractivity contribution in [3.05, 3.63) is 42.4 Å². The molecular weight excluding hydrogens is 274 g/mol. The van der Waals surface area contributed by atoms with Crippen molar-refractivity contribution in [1.82, 2.24) is 14.9 Å². The first kappa shape index (κ1) is 14.0. The highest BCUT2D eigenvalue weighted by atomic mass is 16.5. The van der Waals surface area contributed by atoms with Crippen molar-refractivity contribution in [3.63, 3.8) is 0 Å². The SMILES string of the molecule is c1ccc(-c2cn3c(n2)CO[C@@H](CNC2CCCC2)C3)cc1. The molecule has 4 nitrogen and oxygen atoms in total. The van der Waals surface area contributed by atoms with E-state index in [2.05, 4.69) is 40.3 Å². The van der Waals surface area contributed by atoms with E-state index in [4.69, 9.17) is 9.72 Å². The summed E-state index contributed by atoms with van der Waals surface area (Å²) in [5.74, 6) is 1.04. The number of fused-ring (bicyclic) bond motifs is 1. The molecule has 1 aromatic carbocycles. The first-order valence-electron chi connectivity index (χ1n) is 8.35. The van der Waals surface area contributed by atoms with Crippen molar-refractivity contribution in [1.29, 1.82) is 0 Å². The van der Waals surface area contributed by atoms with E-state index in [0.29, 0.717) is 12.6 Å². The molecule has 4 heteroatoms. The molecule has 0 saturated heterocycles. The third-order valence-electron chi connectivity index (χ3n) is 4.77. The number of hydrogen-bond donors (Lipinski definition) is 1. The molecular formula is C18H23N3O. The van der Waals surface area contributed by atoms with Gasteiger partial charge in [0.25, 0.3) is 0 Å². The Kier molecular flexibility index (Phi) is 3.95. The van der Waals surface area contributed by atoms with Crippen molar-refractivity contribution < 1.29 is 4.74 Å². The highest BCUT2D eigenvalue weighted by molar-refractivity contribution is 5.58.